The van der Waals surface area contributed by atoms with Crippen molar-refractivity contribution in [2.45, 2.75) is 11.4 Å². The van der Waals surface area contributed by atoms with Crippen molar-refractivity contribution < 1.29 is 9.18 Å². The average Bonchev–Trinajstić information content (AvgIpc) is 3.33. The predicted molar refractivity (Wildman–Crippen MR) is 123 cm³/mol. The van der Waals surface area contributed by atoms with Crippen molar-refractivity contribution in [2.24, 2.45) is 0 Å². The zero-order chi connectivity index (χ0) is 21.6. The number of rotatable bonds is 7. The molecule has 0 fully saturated rings. The van der Waals surface area contributed by atoms with Crippen LogP contribution in [0.25, 0.3) is 21.6 Å². The third kappa shape index (κ3) is 4.74. The van der Waals surface area contributed by atoms with Crippen molar-refractivity contribution in [3.05, 3.63) is 71.9 Å². The molecular formula is C23H17FN4OS2. The Kier molecular flexibility index (Phi) is 6.55. The van der Waals surface area contributed by atoms with E-state index in [0.717, 1.165) is 15.8 Å². The molecule has 31 heavy (non-hydrogen) atoms. The fraction of sp³-hybridized carbons (Fsp3) is 0.130. The van der Waals surface area contributed by atoms with E-state index in [0.29, 0.717) is 10.9 Å². The number of carbonyl (C=O) groups excluding carboxylic acids is 1. The number of benzene rings is 2. The van der Waals surface area contributed by atoms with Crippen LogP contribution in [0.1, 0.15) is 6.42 Å². The Bertz CT molecular complexity index is 1250. The molecule has 0 spiro atoms. The molecule has 0 bridgehead atoms. The number of thiophene rings is 1. The lowest BCUT2D eigenvalue weighted by Crippen LogP contribution is -2.34. The lowest BCUT2D eigenvalue weighted by Gasteiger charge is -2.22. The zero-order valence-electron chi connectivity index (χ0n) is 16.4. The van der Waals surface area contributed by atoms with E-state index >= 15 is 0 Å². The van der Waals surface area contributed by atoms with Gasteiger partial charge in [-0.3, -0.25) is 4.79 Å². The number of aromatic nitrogens is 2. The molecule has 0 unspecified atom stereocenters. The van der Waals surface area contributed by atoms with E-state index in [4.69, 9.17) is 10.2 Å². The number of amides is 1. The number of fused-ring (bicyclic) bond motifs is 1. The third-order valence-corrected chi connectivity index (χ3v) is 6.38. The standard InChI is InChI=1S/C23H17FN4OS2/c24-17-8-2-4-10-19(17)28(13-6-12-25)21(29)15-31-23-16-7-1-3-9-18(16)26-22(27-23)20-11-5-14-30-20/h1-5,7-11,14H,6,13,15H2. The highest BCUT2D eigenvalue weighted by Crippen LogP contribution is 2.30. The Morgan fingerprint density at radius 3 is 2.68 bits per heavy atom. The van der Waals surface area contributed by atoms with Crippen LogP contribution in [0.5, 0.6) is 0 Å². The van der Waals surface area contributed by atoms with Crippen molar-refractivity contribution >= 4 is 45.6 Å². The number of nitrogens with zero attached hydrogens (tertiary/aromatic N) is 4. The molecule has 0 N–H and O–H groups in total. The number of nitriles is 1. The highest BCUT2D eigenvalue weighted by Gasteiger charge is 2.20. The van der Waals surface area contributed by atoms with Gasteiger partial charge in [0.1, 0.15) is 10.8 Å². The molecule has 1 amide bonds. The van der Waals surface area contributed by atoms with Gasteiger partial charge in [-0.25, -0.2) is 14.4 Å². The molecule has 154 valence electrons. The fourth-order valence-electron chi connectivity index (χ4n) is 3.09. The Morgan fingerprint density at radius 2 is 1.90 bits per heavy atom. The summed E-state index contributed by atoms with van der Waals surface area (Å²) in [6.45, 7) is 0.127. The Labute approximate surface area is 187 Å². The van der Waals surface area contributed by atoms with Crippen molar-refractivity contribution in [1.82, 2.24) is 9.97 Å². The molecule has 4 aromatic rings. The summed E-state index contributed by atoms with van der Waals surface area (Å²) in [6.07, 6.45) is 0.115. The smallest absolute Gasteiger partial charge is 0.237 e. The minimum absolute atomic E-state index is 0.0602. The van der Waals surface area contributed by atoms with E-state index in [2.05, 4.69) is 4.98 Å². The van der Waals surface area contributed by atoms with Gasteiger partial charge in [0.25, 0.3) is 0 Å². The highest BCUT2D eigenvalue weighted by molar-refractivity contribution is 8.00. The van der Waals surface area contributed by atoms with E-state index in [1.807, 2.05) is 47.8 Å². The van der Waals surface area contributed by atoms with Gasteiger partial charge in [-0.2, -0.15) is 5.26 Å². The second kappa shape index (κ2) is 9.69. The molecule has 0 saturated heterocycles. The Hall–Kier alpha value is -3.28. The van der Waals surface area contributed by atoms with E-state index < -0.39 is 5.82 Å². The maximum Gasteiger partial charge on any atom is 0.237 e. The number of hydrogen-bond acceptors (Lipinski definition) is 6. The van der Waals surface area contributed by atoms with Gasteiger partial charge in [-0.15, -0.1) is 11.3 Å². The third-order valence-electron chi connectivity index (χ3n) is 4.53. The minimum Gasteiger partial charge on any atom is -0.308 e. The number of para-hydroxylation sites is 2. The molecule has 2 aromatic heterocycles. The summed E-state index contributed by atoms with van der Waals surface area (Å²) in [5.41, 5.74) is 0.974. The first-order valence-electron chi connectivity index (χ1n) is 9.52. The maximum absolute atomic E-state index is 14.3. The second-order valence-electron chi connectivity index (χ2n) is 6.54. The number of anilines is 1. The van der Waals surface area contributed by atoms with Crippen LogP contribution in [0.4, 0.5) is 10.1 Å². The molecule has 0 aliphatic rings. The average molecular weight is 449 g/mol. The van der Waals surface area contributed by atoms with Gasteiger partial charge in [0.15, 0.2) is 5.82 Å². The summed E-state index contributed by atoms with van der Waals surface area (Å²) in [4.78, 5) is 24.6. The predicted octanol–water partition coefficient (Wildman–Crippen LogP) is 5.54. The van der Waals surface area contributed by atoms with Gasteiger partial charge in [0, 0.05) is 11.9 Å². The number of thioether (sulfide) groups is 1. The van der Waals surface area contributed by atoms with E-state index in [-0.39, 0.29) is 30.3 Å². The summed E-state index contributed by atoms with van der Waals surface area (Å²) >= 11 is 2.84. The maximum atomic E-state index is 14.3. The van der Waals surface area contributed by atoms with Gasteiger partial charge < -0.3 is 4.90 Å². The SMILES string of the molecule is N#CCCN(C(=O)CSc1nc(-c2cccs2)nc2ccccc12)c1ccccc1F. The van der Waals surface area contributed by atoms with Crippen LogP contribution in [0.3, 0.4) is 0 Å². The quantitative estimate of drug-likeness (QED) is 0.274. The van der Waals surface area contributed by atoms with Gasteiger partial charge >= 0.3 is 0 Å². The lowest BCUT2D eigenvalue weighted by molar-refractivity contribution is -0.116. The lowest BCUT2D eigenvalue weighted by atomic mass is 10.2. The Balaban J connectivity index is 1.62. The Morgan fingerprint density at radius 1 is 1.10 bits per heavy atom. The van der Waals surface area contributed by atoms with Crippen LogP contribution in [0.15, 0.2) is 71.1 Å². The van der Waals surface area contributed by atoms with Crippen LogP contribution >= 0.6 is 23.1 Å². The first-order valence-corrected chi connectivity index (χ1v) is 11.4. The minimum atomic E-state index is -0.494. The van der Waals surface area contributed by atoms with Crippen molar-refractivity contribution in [3.8, 4) is 16.8 Å². The molecule has 5 nitrogen and oxygen atoms in total. The summed E-state index contributed by atoms with van der Waals surface area (Å²) in [5.74, 6) is -0.110. The first-order chi connectivity index (χ1) is 15.2. The summed E-state index contributed by atoms with van der Waals surface area (Å²) in [6, 6.07) is 19.7. The van der Waals surface area contributed by atoms with Crippen LogP contribution in [0.2, 0.25) is 0 Å². The number of halogens is 1. The van der Waals surface area contributed by atoms with E-state index in [9.17, 15) is 9.18 Å². The highest BCUT2D eigenvalue weighted by atomic mass is 32.2. The number of carbonyl (C=O) groups is 1. The summed E-state index contributed by atoms with van der Waals surface area (Å²) < 4.78 is 14.3. The molecule has 0 radical (unpaired) electrons. The molecule has 0 aliphatic carbocycles. The van der Waals surface area contributed by atoms with Gasteiger partial charge in [-0.05, 0) is 29.6 Å². The normalized spacial score (nSPS) is 10.7. The second-order valence-corrected chi connectivity index (χ2v) is 8.45. The summed E-state index contributed by atoms with van der Waals surface area (Å²) in [5, 5.41) is 12.5. The first kappa shape index (κ1) is 21.0. The topological polar surface area (TPSA) is 69.9 Å². The van der Waals surface area contributed by atoms with Crippen LogP contribution in [-0.4, -0.2) is 28.2 Å². The van der Waals surface area contributed by atoms with Crippen molar-refractivity contribution in [1.29, 1.82) is 5.26 Å². The summed E-state index contributed by atoms with van der Waals surface area (Å²) in [7, 11) is 0. The van der Waals surface area contributed by atoms with Gasteiger partial charge in [0.2, 0.25) is 5.91 Å². The molecule has 2 heterocycles. The monoisotopic (exact) mass is 448 g/mol. The van der Waals surface area contributed by atoms with Crippen LogP contribution < -0.4 is 4.90 Å². The molecular weight excluding hydrogens is 431 g/mol. The molecule has 4 rings (SSSR count). The number of hydrogen-bond donors (Lipinski definition) is 0. The molecule has 8 heteroatoms. The van der Waals surface area contributed by atoms with Gasteiger partial charge in [0.05, 0.1) is 34.3 Å². The molecule has 0 atom stereocenters. The van der Waals surface area contributed by atoms with E-state index in [1.165, 1.54) is 22.7 Å². The van der Waals surface area contributed by atoms with Crippen LogP contribution in [0, 0.1) is 17.1 Å². The molecule has 2 aromatic carbocycles. The fourth-order valence-corrected chi connectivity index (χ4v) is 4.65. The van der Waals surface area contributed by atoms with Crippen molar-refractivity contribution in [2.75, 3.05) is 17.2 Å². The molecule has 0 saturated carbocycles. The van der Waals surface area contributed by atoms with E-state index in [1.54, 1.807) is 29.5 Å². The van der Waals surface area contributed by atoms with Crippen LogP contribution in [-0.2, 0) is 4.79 Å². The largest absolute Gasteiger partial charge is 0.308 e. The zero-order valence-corrected chi connectivity index (χ0v) is 18.0. The van der Waals surface area contributed by atoms with Crippen molar-refractivity contribution in [3.63, 3.8) is 0 Å². The molecule has 0 aliphatic heterocycles. The van der Waals surface area contributed by atoms with Gasteiger partial charge in [-0.1, -0.05) is 48.2 Å².